The van der Waals surface area contributed by atoms with E-state index in [1.807, 2.05) is 13.0 Å². The standard InChI is InChI=1S/C26H18ClN3O4S/c1-13-9-16-10-14(4-7-19(16)34-13)23(31)21-22(15-3-2-8-28-12-15)30(25(33)24(21)32)26-29-18-6-5-17(27)11-20(18)35-26/h2-8,10-13,22,31H,9H2,1H3/b23-21-. The zero-order chi connectivity index (χ0) is 24.3. The van der Waals surface area contributed by atoms with E-state index in [1.165, 1.54) is 16.2 Å². The topological polar surface area (TPSA) is 92.6 Å². The van der Waals surface area contributed by atoms with E-state index in [4.69, 9.17) is 16.3 Å². The third-order valence-corrected chi connectivity index (χ3v) is 7.41. The van der Waals surface area contributed by atoms with Gasteiger partial charge in [-0.1, -0.05) is 29.0 Å². The second kappa shape index (κ2) is 8.18. The van der Waals surface area contributed by atoms with E-state index >= 15 is 0 Å². The van der Waals surface area contributed by atoms with Gasteiger partial charge in [-0.25, -0.2) is 4.98 Å². The number of halogens is 1. The number of anilines is 1. The van der Waals surface area contributed by atoms with Crippen molar-refractivity contribution in [2.45, 2.75) is 25.5 Å². The van der Waals surface area contributed by atoms with Crippen LogP contribution in [0.5, 0.6) is 5.75 Å². The number of carbonyl (C=O) groups is 2. The summed E-state index contributed by atoms with van der Waals surface area (Å²) in [5, 5.41) is 12.3. The van der Waals surface area contributed by atoms with Crippen LogP contribution in [0.15, 0.2) is 66.5 Å². The van der Waals surface area contributed by atoms with Gasteiger partial charge >= 0.3 is 5.91 Å². The van der Waals surface area contributed by atoms with Crippen molar-refractivity contribution in [3.05, 3.63) is 88.2 Å². The van der Waals surface area contributed by atoms with Crippen LogP contribution in [0.1, 0.15) is 29.7 Å². The van der Waals surface area contributed by atoms with Gasteiger partial charge in [0.2, 0.25) is 0 Å². The number of ether oxygens (including phenoxy) is 1. The summed E-state index contributed by atoms with van der Waals surface area (Å²) in [6, 6.07) is 13.1. The highest BCUT2D eigenvalue weighted by Gasteiger charge is 2.48. The van der Waals surface area contributed by atoms with Crippen molar-refractivity contribution in [2.24, 2.45) is 0 Å². The number of hydrogen-bond acceptors (Lipinski definition) is 7. The van der Waals surface area contributed by atoms with Gasteiger partial charge < -0.3 is 9.84 Å². The molecule has 4 heterocycles. The molecule has 1 fully saturated rings. The molecule has 0 spiro atoms. The molecule has 1 saturated heterocycles. The molecular formula is C26H18ClN3O4S. The van der Waals surface area contributed by atoms with Gasteiger partial charge in [-0.05, 0) is 60.5 Å². The number of carbonyl (C=O) groups excluding carboxylic acids is 2. The summed E-state index contributed by atoms with van der Waals surface area (Å²) in [4.78, 5) is 36.8. The molecule has 174 valence electrons. The lowest BCUT2D eigenvalue weighted by Gasteiger charge is -2.22. The number of ketones is 1. The molecule has 2 unspecified atom stereocenters. The fourth-order valence-electron chi connectivity index (χ4n) is 4.60. The summed E-state index contributed by atoms with van der Waals surface area (Å²) in [6.07, 6.45) is 3.93. The van der Waals surface area contributed by atoms with Gasteiger partial charge in [0, 0.05) is 29.4 Å². The number of amides is 1. The summed E-state index contributed by atoms with van der Waals surface area (Å²) >= 11 is 7.39. The fraction of sp³-hybridized carbons (Fsp3) is 0.154. The maximum Gasteiger partial charge on any atom is 0.301 e. The van der Waals surface area contributed by atoms with Crippen LogP contribution < -0.4 is 9.64 Å². The number of hydrogen-bond donors (Lipinski definition) is 1. The van der Waals surface area contributed by atoms with Crippen molar-refractivity contribution in [1.82, 2.24) is 9.97 Å². The summed E-state index contributed by atoms with van der Waals surface area (Å²) in [7, 11) is 0. The minimum atomic E-state index is -0.886. The van der Waals surface area contributed by atoms with Crippen LogP contribution >= 0.6 is 22.9 Å². The van der Waals surface area contributed by atoms with Crippen molar-refractivity contribution >= 4 is 55.7 Å². The number of benzene rings is 2. The van der Waals surface area contributed by atoms with E-state index in [-0.39, 0.29) is 17.4 Å². The predicted octanol–water partition coefficient (Wildman–Crippen LogP) is 5.29. The molecule has 2 aliphatic heterocycles. The van der Waals surface area contributed by atoms with Crippen LogP contribution in [0.4, 0.5) is 5.13 Å². The summed E-state index contributed by atoms with van der Waals surface area (Å²) in [5.74, 6) is -1.03. The average molecular weight is 504 g/mol. The third-order valence-electron chi connectivity index (χ3n) is 6.16. The van der Waals surface area contributed by atoms with E-state index in [1.54, 1.807) is 54.9 Å². The minimum absolute atomic E-state index is 0.00722. The first-order valence-corrected chi connectivity index (χ1v) is 12.2. The highest BCUT2D eigenvalue weighted by molar-refractivity contribution is 7.22. The van der Waals surface area contributed by atoms with Crippen molar-refractivity contribution in [1.29, 1.82) is 0 Å². The normalized spacial score (nSPS) is 20.9. The molecular weight excluding hydrogens is 486 g/mol. The molecule has 6 rings (SSSR count). The van der Waals surface area contributed by atoms with Crippen LogP contribution in [0.2, 0.25) is 5.02 Å². The lowest BCUT2D eigenvalue weighted by molar-refractivity contribution is -0.132. The number of pyridine rings is 1. The monoisotopic (exact) mass is 503 g/mol. The largest absolute Gasteiger partial charge is 0.507 e. The molecule has 35 heavy (non-hydrogen) atoms. The fourth-order valence-corrected chi connectivity index (χ4v) is 5.87. The molecule has 7 nitrogen and oxygen atoms in total. The molecule has 0 bridgehead atoms. The first-order valence-electron chi connectivity index (χ1n) is 11.0. The van der Waals surface area contributed by atoms with Crippen LogP contribution in [0, 0.1) is 0 Å². The molecule has 4 aromatic rings. The Balaban J connectivity index is 1.53. The van der Waals surface area contributed by atoms with E-state index in [9.17, 15) is 14.7 Å². The summed E-state index contributed by atoms with van der Waals surface area (Å²) in [5.41, 5.74) is 2.63. The van der Waals surface area contributed by atoms with Gasteiger partial charge in [0.25, 0.3) is 5.78 Å². The maximum absolute atomic E-state index is 13.3. The molecule has 0 radical (unpaired) electrons. The van der Waals surface area contributed by atoms with Gasteiger partial charge in [0.15, 0.2) is 5.13 Å². The SMILES string of the molecule is CC1Cc2cc(/C(O)=C3/C(=O)C(=O)N(c4nc5ccc(Cl)cc5s4)C3c3cccnc3)ccc2O1. The average Bonchev–Trinajstić information content (AvgIpc) is 3.51. The number of aliphatic hydroxyl groups is 1. The Morgan fingerprint density at radius 2 is 2.06 bits per heavy atom. The smallest absolute Gasteiger partial charge is 0.301 e. The van der Waals surface area contributed by atoms with Crippen molar-refractivity contribution in [2.75, 3.05) is 4.90 Å². The van der Waals surface area contributed by atoms with Crippen molar-refractivity contribution in [3.63, 3.8) is 0 Å². The molecule has 2 aliphatic rings. The molecule has 2 aromatic heterocycles. The highest BCUT2D eigenvalue weighted by Crippen LogP contribution is 2.44. The van der Waals surface area contributed by atoms with Gasteiger partial charge in [0.1, 0.15) is 17.6 Å². The number of nitrogens with zero attached hydrogens (tertiary/aromatic N) is 3. The van der Waals surface area contributed by atoms with Gasteiger partial charge in [-0.3, -0.25) is 19.5 Å². The Bertz CT molecular complexity index is 1550. The van der Waals surface area contributed by atoms with Crippen LogP contribution in [0.25, 0.3) is 16.0 Å². The van der Waals surface area contributed by atoms with Crippen molar-refractivity contribution in [3.8, 4) is 5.75 Å². The Hall–Kier alpha value is -3.75. The van der Waals surface area contributed by atoms with Gasteiger partial charge in [-0.15, -0.1) is 0 Å². The summed E-state index contributed by atoms with van der Waals surface area (Å²) < 4.78 is 6.54. The first kappa shape index (κ1) is 21.8. The molecule has 0 aliphatic carbocycles. The number of Topliss-reactive ketones (excluding diaryl/α,β-unsaturated/α-hetero) is 1. The lowest BCUT2D eigenvalue weighted by atomic mass is 9.95. The molecule has 2 aromatic carbocycles. The number of aliphatic hydroxyl groups excluding tert-OH is 1. The van der Waals surface area contributed by atoms with E-state index < -0.39 is 17.7 Å². The molecule has 0 saturated carbocycles. The minimum Gasteiger partial charge on any atom is -0.507 e. The Kier molecular flexibility index (Phi) is 5.09. The second-order valence-corrected chi connectivity index (χ2v) is 9.96. The predicted molar refractivity (Wildman–Crippen MR) is 134 cm³/mol. The highest BCUT2D eigenvalue weighted by atomic mass is 35.5. The lowest BCUT2D eigenvalue weighted by Crippen LogP contribution is -2.29. The van der Waals surface area contributed by atoms with Gasteiger partial charge in [0.05, 0.1) is 21.8 Å². The van der Waals surface area contributed by atoms with E-state index in [0.29, 0.717) is 33.2 Å². The zero-order valence-electron chi connectivity index (χ0n) is 18.4. The zero-order valence-corrected chi connectivity index (χ0v) is 20.0. The number of aromatic nitrogens is 2. The van der Waals surface area contributed by atoms with E-state index in [0.717, 1.165) is 16.0 Å². The Labute approximate surface area is 209 Å². The van der Waals surface area contributed by atoms with E-state index in [2.05, 4.69) is 9.97 Å². The quantitative estimate of drug-likeness (QED) is 0.232. The Morgan fingerprint density at radius 1 is 1.20 bits per heavy atom. The van der Waals surface area contributed by atoms with Gasteiger partial charge in [-0.2, -0.15) is 0 Å². The Morgan fingerprint density at radius 3 is 2.86 bits per heavy atom. The third kappa shape index (κ3) is 3.57. The van der Waals surface area contributed by atoms with Crippen LogP contribution in [-0.4, -0.2) is 32.9 Å². The number of thiazole rings is 1. The number of fused-ring (bicyclic) bond motifs is 2. The summed E-state index contributed by atoms with van der Waals surface area (Å²) in [6.45, 7) is 1.97. The van der Waals surface area contributed by atoms with Crippen molar-refractivity contribution < 1.29 is 19.4 Å². The molecule has 1 N–H and O–H groups in total. The maximum atomic E-state index is 13.3. The molecule has 1 amide bonds. The number of rotatable bonds is 3. The second-order valence-electron chi connectivity index (χ2n) is 8.52. The molecule has 2 atom stereocenters. The van der Waals surface area contributed by atoms with Crippen LogP contribution in [0.3, 0.4) is 0 Å². The first-order chi connectivity index (χ1) is 16.9. The van der Waals surface area contributed by atoms with Crippen LogP contribution in [-0.2, 0) is 16.0 Å². The molecule has 9 heteroatoms.